The molecule has 2 rings (SSSR count). The first kappa shape index (κ1) is 23.2. The third-order valence-corrected chi connectivity index (χ3v) is 5.54. The zero-order valence-corrected chi connectivity index (χ0v) is 19.2. The van der Waals surface area contributed by atoms with Gasteiger partial charge in [0.25, 0.3) is 5.91 Å². The molecule has 7 heteroatoms. The summed E-state index contributed by atoms with van der Waals surface area (Å²) >= 11 is 9.64. The Hall–Kier alpha value is -2.05. The molecule has 5 nitrogen and oxygen atoms in total. The minimum atomic E-state index is -0.665. The fourth-order valence-corrected chi connectivity index (χ4v) is 3.08. The number of nitrogens with one attached hydrogen (secondary N) is 1. The molecule has 0 saturated carbocycles. The number of carbonyl (C=O) groups excluding carboxylic acids is 2. The average molecular weight is 482 g/mol. The van der Waals surface area contributed by atoms with Crippen molar-refractivity contribution in [3.05, 3.63) is 63.6 Å². The zero-order chi connectivity index (χ0) is 21.4. The van der Waals surface area contributed by atoms with E-state index in [0.29, 0.717) is 10.8 Å². The second-order valence-electron chi connectivity index (χ2n) is 6.85. The molecule has 29 heavy (non-hydrogen) atoms. The summed E-state index contributed by atoms with van der Waals surface area (Å²) in [6.45, 7) is 5.69. The molecule has 0 spiro atoms. The van der Waals surface area contributed by atoms with Crippen molar-refractivity contribution in [2.75, 3.05) is 6.61 Å². The van der Waals surface area contributed by atoms with Crippen molar-refractivity contribution in [1.29, 1.82) is 0 Å². The third kappa shape index (κ3) is 7.05. The Morgan fingerprint density at radius 2 is 1.79 bits per heavy atom. The van der Waals surface area contributed by atoms with Crippen molar-refractivity contribution in [3.8, 4) is 5.75 Å². The molecule has 0 fully saturated rings. The molecule has 2 amide bonds. The Morgan fingerprint density at radius 1 is 1.14 bits per heavy atom. The van der Waals surface area contributed by atoms with Crippen molar-refractivity contribution in [1.82, 2.24) is 10.2 Å². The van der Waals surface area contributed by atoms with E-state index >= 15 is 0 Å². The number of carbonyl (C=O) groups is 2. The lowest BCUT2D eigenvalue weighted by molar-refractivity contribution is -0.142. The lowest BCUT2D eigenvalue weighted by Gasteiger charge is -2.30. The summed E-state index contributed by atoms with van der Waals surface area (Å²) in [4.78, 5) is 27.1. The molecular weight excluding hydrogens is 456 g/mol. The number of nitrogens with zero attached hydrogens (tertiary/aromatic N) is 1. The summed E-state index contributed by atoms with van der Waals surface area (Å²) in [6.07, 6.45) is 0.809. The first-order chi connectivity index (χ1) is 13.8. The molecule has 0 aliphatic rings. The summed E-state index contributed by atoms with van der Waals surface area (Å²) in [5.74, 6) is 0.0824. The van der Waals surface area contributed by atoms with Crippen LogP contribution in [0, 0.1) is 0 Å². The first-order valence-electron chi connectivity index (χ1n) is 9.53. The molecular formula is C22H26BrClN2O3. The van der Waals surface area contributed by atoms with Gasteiger partial charge in [-0.05, 0) is 56.2 Å². The second kappa shape index (κ2) is 11.2. The molecule has 0 aliphatic carbocycles. The normalized spacial score (nSPS) is 12.7. The number of halogens is 2. The first-order valence-corrected chi connectivity index (χ1v) is 10.7. The van der Waals surface area contributed by atoms with Crippen molar-refractivity contribution in [3.63, 3.8) is 0 Å². The van der Waals surface area contributed by atoms with Crippen LogP contribution in [0.4, 0.5) is 0 Å². The van der Waals surface area contributed by atoms with Crippen molar-refractivity contribution in [2.24, 2.45) is 0 Å². The molecule has 156 valence electrons. The molecule has 2 atom stereocenters. The molecule has 0 heterocycles. The number of benzene rings is 2. The van der Waals surface area contributed by atoms with Crippen LogP contribution in [0.5, 0.6) is 5.75 Å². The maximum atomic E-state index is 13.0. The van der Waals surface area contributed by atoms with E-state index in [1.807, 2.05) is 44.2 Å². The van der Waals surface area contributed by atoms with Crippen molar-refractivity contribution < 1.29 is 14.3 Å². The van der Waals surface area contributed by atoms with Gasteiger partial charge in [0.05, 0.1) is 0 Å². The van der Waals surface area contributed by atoms with E-state index in [0.717, 1.165) is 16.5 Å². The Kier molecular flexibility index (Phi) is 8.99. The quantitative estimate of drug-likeness (QED) is 0.559. The van der Waals surface area contributed by atoms with Crippen LogP contribution in [-0.4, -0.2) is 35.4 Å². The van der Waals surface area contributed by atoms with Crippen molar-refractivity contribution in [2.45, 2.75) is 45.8 Å². The zero-order valence-electron chi connectivity index (χ0n) is 16.8. The van der Waals surface area contributed by atoms with Gasteiger partial charge in [-0.1, -0.05) is 52.7 Å². The van der Waals surface area contributed by atoms with Gasteiger partial charge in [0.2, 0.25) is 5.91 Å². The largest absolute Gasteiger partial charge is 0.484 e. The summed E-state index contributed by atoms with van der Waals surface area (Å²) in [5.41, 5.74) is 0.773. The molecule has 0 unspecified atom stereocenters. The molecule has 0 radical (unpaired) electrons. The maximum absolute atomic E-state index is 13.0. The number of rotatable bonds is 9. The Bertz CT molecular complexity index is 829. The molecule has 0 saturated heterocycles. The second-order valence-corrected chi connectivity index (χ2v) is 8.17. The topological polar surface area (TPSA) is 58.6 Å². The number of hydrogen-bond donors (Lipinski definition) is 1. The van der Waals surface area contributed by atoms with E-state index in [1.54, 1.807) is 25.1 Å². The van der Waals surface area contributed by atoms with Gasteiger partial charge >= 0.3 is 0 Å². The highest BCUT2D eigenvalue weighted by molar-refractivity contribution is 9.10. The fraction of sp³-hybridized carbons (Fsp3) is 0.364. The van der Waals surface area contributed by atoms with Gasteiger partial charge in [-0.25, -0.2) is 0 Å². The van der Waals surface area contributed by atoms with E-state index in [1.165, 1.54) is 4.90 Å². The van der Waals surface area contributed by atoms with E-state index in [9.17, 15) is 9.59 Å². The van der Waals surface area contributed by atoms with Crippen LogP contribution in [-0.2, 0) is 16.1 Å². The van der Waals surface area contributed by atoms with Gasteiger partial charge in [-0.15, -0.1) is 0 Å². The van der Waals surface area contributed by atoms with Crippen LogP contribution in [0.15, 0.2) is 53.0 Å². The Labute approximate surface area is 185 Å². The summed E-state index contributed by atoms with van der Waals surface area (Å²) < 4.78 is 6.55. The van der Waals surface area contributed by atoms with Crippen LogP contribution < -0.4 is 10.1 Å². The number of amides is 2. The van der Waals surface area contributed by atoms with Crippen LogP contribution in [0.2, 0.25) is 5.02 Å². The van der Waals surface area contributed by atoms with Crippen LogP contribution in [0.3, 0.4) is 0 Å². The standard InChI is InChI=1S/C22H26BrClN2O3/c1-4-15(2)25-22(28)16(3)26(13-17-7-5-6-8-20(17)24)21(27)14-29-19-11-9-18(23)10-12-19/h5-12,15-16H,4,13-14H2,1-3H3,(H,25,28)/t15-,16-/m1/s1. The molecule has 2 aromatic rings. The van der Waals surface area contributed by atoms with Crippen molar-refractivity contribution >= 4 is 39.3 Å². The monoisotopic (exact) mass is 480 g/mol. The van der Waals surface area contributed by atoms with E-state index in [2.05, 4.69) is 21.2 Å². The Morgan fingerprint density at radius 3 is 2.41 bits per heavy atom. The molecule has 0 aromatic heterocycles. The Balaban J connectivity index is 2.15. The van der Waals surface area contributed by atoms with Crippen LogP contribution in [0.1, 0.15) is 32.8 Å². The van der Waals surface area contributed by atoms with Gasteiger partial charge in [0, 0.05) is 22.1 Å². The van der Waals surface area contributed by atoms with Crippen LogP contribution >= 0.6 is 27.5 Å². The molecule has 0 aliphatic heterocycles. The van der Waals surface area contributed by atoms with Gasteiger partial charge in [0.1, 0.15) is 11.8 Å². The van der Waals surface area contributed by atoms with Gasteiger partial charge in [-0.2, -0.15) is 0 Å². The predicted molar refractivity (Wildman–Crippen MR) is 119 cm³/mol. The average Bonchev–Trinajstić information content (AvgIpc) is 2.71. The lowest BCUT2D eigenvalue weighted by Crippen LogP contribution is -2.50. The van der Waals surface area contributed by atoms with E-state index in [4.69, 9.17) is 16.3 Å². The van der Waals surface area contributed by atoms with E-state index < -0.39 is 6.04 Å². The van der Waals surface area contributed by atoms with Gasteiger partial charge < -0.3 is 15.0 Å². The summed E-state index contributed by atoms with van der Waals surface area (Å²) in [7, 11) is 0. The number of ether oxygens (including phenoxy) is 1. The fourth-order valence-electron chi connectivity index (χ4n) is 2.62. The third-order valence-electron chi connectivity index (χ3n) is 4.64. The van der Waals surface area contributed by atoms with Crippen LogP contribution in [0.25, 0.3) is 0 Å². The SMILES string of the molecule is CC[C@@H](C)NC(=O)[C@@H](C)N(Cc1ccccc1Cl)C(=O)COc1ccc(Br)cc1. The molecule has 0 bridgehead atoms. The highest BCUT2D eigenvalue weighted by atomic mass is 79.9. The highest BCUT2D eigenvalue weighted by Gasteiger charge is 2.27. The minimum absolute atomic E-state index is 0.0289. The summed E-state index contributed by atoms with van der Waals surface area (Å²) in [6, 6.07) is 13.9. The number of hydrogen-bond acceptors (Lipinski definition) is 3. The van der Waals surface area contributed by atoms with Gasteiger partial charge in [0.15, 0.2) is 6.61 Å². The molecule has 1 N–H and O–H groups in total. The lowest BCUT2D eigenvalue weighted by atomic mass is 10.1. The summed E-state index contributed by atoms with van der Waals surface area (Å²) in [5, 5.41) is 3.48. The smallest absolute Gasteiger partial charge is 0.261 e. The maximum Gasteiger partial charge on any atom is 0.261 e. The predicted octanol–water partition coefficient (Wildman–Crippen LogP) is 4.81. The molecule has 2 aromatic carbocycles. The minimum Gasteiger partial charge on any atom is -0.484 e. The highest BCUT2D eigenvalue weighted by Crippen LogP contribution is 2.20. The van der Waals surface area contributed by atoms with Gasteiger partial charge in [-0.3, -0.25) is 9.59 Å². The van der Waals surface area contributed by atoms with E-state index in [-0.39, 0.29) is 31.0 Å².